The minimum absolute atomic E-state index is 0. The van der Waals surface area contributed by atoms with Crippen LogP contribution in [0.4, 0.5) is 0 Å². The Hall–Kier alpha value is -1.14. The number of nitrogens with zero attached hydrogens (tertiary/aromatic N) is 1. The second kappa shape index (κ2) is 7.52. The number of nitrogens with one attached hydrogen (secondary N) is 1. The summed E-state index contributed by atoms with van der Waals surface area (Å²) in [6, 6.07) is 9.01. The second-order valence-corrected chi connectivity index (χ2v) is 10.2. The highest BCUT2D eigenvalue weighted by Crippen LogP contribution is 2.53. The highest BCUT2D eigenvalue weighted by Gasteiger charge is 2.60. The van der Waals surface area contributed by atoms with Crippen molar-refractivity contribution < 1.29 is 9.53 Å². The second-order valence-electron chi connectivity index (χ2n) is 9.14. The van der Waals surface area contributed by atoms with Gasteiger partial charge in [-0.15, -0.1) is 23.7 Å². The number of carbonyl (C=O) groups is 1. The minimum atomic E-state index is 0. The smallest absolute Gasteiger partial charge is 0.261 e. The van der Waals surface area contributed by atoms with Crippen LogP contribution in [0.15, 0.2) is 24.3 Å². The lowest BCUT2D eigenvalue weighted by atomic mass is 9.77. The molecule has 156 valence electrons. The van der Waals surface area contributed by atoms with E-state index < -0.39 is 0 Å². The predicted octanol–water partition coefficient (Wildman–Crippen LogP) is 4.57. The van der Waals surface area contributed by atoms with E-state index in [2.05, 4.69) is 34.5 Å². The Kier molecular flexibility index (Phi) is 5.14. The fraction of sp³-hybridized carbons (Fsp3) is 0.609. The van der Waals surface area contributed by atoms with Crippen molar-refractivity contribution in [3.8, 4) is 0 Å². The molecule has 1 aliphatic carbocycles. The highest BCUT2D eigenvalue weighted by molar-refractivity contribution is 7.21. The van der Waals surface area contributed by atoms with Crippen molar-refractivity contribution >= 4 is 39.7 Å². The summed E-state index contributed by atoms with van der Waals surface area (Å²) in [7, 11) is 0. The summed E-state index contributed by atoms with van der Waals surface area (Å²) in [5.41, 5.74) is 1.70. The lowest BCUT2D eigenvalue weighted by Crippen LogP contribution is -2.65. The van der Waals surface area contributed by atoms with Crippen LogP contribution in [0, 0.1) is 5.92 Å². The Bertz CT molecular complexity index is 911. The Morgan fingerprint density at radius 3 is 2.62 bits per heavy atom. The van der Waals surface area contributed by atoms with E-state index >= 15 is 0 Å². The number of hydrogen-bond donors (Lipinski definition) is 1. The third kappa shape index (κ3) is 3.21. The van der Waals surface area contributed by atoms with E-state index in [-0.39, 0.29) is 18.3 Å². The summed E-state index contributed by atoms with van der Waals surface area (Å²) in [6.07, 6.45) is 7.17. The summed E-state index contributed by atoms with van der Waals surface area (Å²) in [5.74, 6) is 1.37. The molecule has 1 atom stereocenters. The summed E-state index contributed by atoms with van der Waals surface area (Å²) >= 11 is 1.69. The molecule has 0 radical (unpaired) electrons. The lowest BCUT2D eigenvalue weighted by Gasteiger charge is -2.52. The molecule has 5 heterocycles. The fourth-order valence-electron chi connectivity index (χ4n) is 6.06. The molecule has 7 rings (SSSR count). The lowest BCUT2D eigenvalue weighted by molar-refractivity contribution is -0.00138. The fourth-order valence-corrected chi connectivity index (χ4v) is 7.22. The van der Waals surface area contributed by atoms with Gasteiger partial charge in [-0.3, -0.25) is 9.69 Å². The van der Waals surface area contributed by atoms with E-state index in [1.807, 2.05) is 0 Å². The van der Waals surface area contributed by atoms with Crippen LogP contribution in [0.1, 0.15) is 59.7 Å². The summed E-state index contributed by atoms with van der Waals surface area (Å²) in [6.45, 7) is 4.16. The zero-order valence-electron chi connectivity index (χ0n) is 16.7. The number of benzene rings is 1. The van der Waals surface area contributed by atoms with E-state index in [0.29, 0.717) is 23.4 Å². The molecule has 5 aliphatic rings. The van der Waals surface area contributed by atoms with Gasteiger partial charge < -0.3 is 10.1 Å². The maximum Gasteiger partial charge on any atom is 0.261 e. The number of amides is 1. The van der Waals surface area contributed by atoms with Gasteiger partial charge in [-0.1, -0.05) is 18.2 Å². The first-order valence-electron chi connectivity index (χ1n) is 10.9. The molecule has 4 aliphatic heterocycles. The van der Waals surface area contributed by atoms with E-state index in [4.69, 9.17) is 4.74 Å². The molecule has 4 nitrogen and oxygen atoms in total. The first kappa shape index (κ1) is 19.8. The average molecular weight is 433 g/mol. The minimum Gasteiger partial charge on any atom is -0.381 e. The van der Waals surface area contributed by atoms with Crippen LogP contribution in [0.25, 0.3) is 10.1 Å². The summed E-state index contributed by atoms with van der Waals surface area (Å²) < 4.78 is 6.85. The van der Waals surface area contributed by atoms with Crippen LogP contribution < -0.4 is 5.32 Å². The van der Waals surface area contributed by atoms with Crippen LogP contribution in [0.2, 0.25) is 0 Å². The molecule has 1 N–H and O–H groups in total. The van der Waals surface area contributed by atoms with Crippen LogP contribution >= 0.6 is 23.7 Å². The van der Waals surface area contributed by atoms with E-state index in [0.717, 1.165) is 30.9 Å². The van der Waals surface area contributed by atoms with Crippen LogP contribution in [-0.4, -0.2) is 48.7 Å². The normalized spacial score (nSPS) is 30.3. The number of piperidine rings is 3. The van der Waals surface area contributed by atoms with Gasteiger partial charge in [0.25, 0.3) is 5.91 Å². The molecule has 4 saturated heterocycles. The first-order chi connectivity index (χ1) is 13.7. The zero-order chi connectivity index (χ0) is 18.7. The number of hydrogen-bond acceptors (Lipinski definition) is 4. The summed E-state index contributed by atoms with van der Waals surface area (Å²) in [5, 5.41) is 4.71. The zero-order valence-corrected chi connectivity index (χ0v) is 18.3. The van der Waals surface area contributed by atoms with Crippen molar-refractivity contribution in [1.82, 2.24) is 10.2 Å². The Morgan fingerprint density at radius 2 is 1.90 bits per heavy atom. The molecule has 5 fully saturated rings. The number of fused-ring (bicyclic) bond motifs is 3. The van der Waals surface area contributed by atoms with E-state index in [1.54, 1.807) is 11.3 Å². The van der Waals surface area contributed by atoms with Crippen molar-refractivity contribution in [2.75, 3.05) is 26.3 Å². The topological polar surface area (TPSA) is 41.6 Å². The van der Waals surface area contributed by atoms with E-state index in [9.17, 15) is 4.79 Å². The maximum atomic E-state index is 13.2. The van der Waals surface area contributed by atoms with Crippen LogP contribution in [-0.2, 0) is 4.74 Å². The van der Waals surface area contributed by atoms with Gasteiger partial charge in [0, 0.05) is 23.5 Å². The predicted molar refractivity (Wildman–Crippen MR) is 119 cm³/mol. The molecule has 1 aromatic heterocycles. The van der Waals surface area contributed by atoms with Crippen molar-refractivity contribution in [3.63, 3.8) is 0 Å². The molecule has 1 aromatic carbocycles. The number of rotatable bonds is 3. The van der Waals surface area contributed by atoms with Gasteiger partial charge in [-0.05, 0) is 80.5 Å². The Labute approximate surface area is 182 Å². The summed E-state index contributed by atoms with van der Waals surface area (Å²) in [4.78, 5) is 16.8. The molecule has 1 spiro atoms. The van der Waals surface area contributed by atoms with Gasteiger partial charge in [-0.2, -0.15) is 0 Å². The molecule has 2 bridgehead atoms. The van der Waals surface area contributed by atoms with Crippen LogP contribution in [0.5, 0.6) is 0 Å². The standard InChI is InChI=1S/C23H28N2O2S.ClH/c26-22(24-21-16-4-10-25(11-5-16)23(21)8-9-23)19-14-17-2-1-3-18(20(17)28-19)15-6-12-27-13-7-15;/h1-3,14-16,21H,4-13H2,(H,24,26);1H. The van der Waals surface area contributed by atoms with Gasteiger partial charge in [0.15, 0.2) is 0 Å². The van der Waals surface area contributed by atoms with Gasteiger partial charge >= 0.3 is 0 Å². The Balaban J connectivity index is 0.00000181. The molecular formula is C23H29ClN2O2S. The molecule has 1 amide bonds. The quantitative estimate of drug-likeness (QED) is 0.772. The number of thiophene rings is 1. The third-order valence-electron chi connectivity index (χ3n) is 7.73. The molecule has 29 heavy (non-hydrogen) atoms. The van der Waals surface area contributed by atoms with E-state index in [1.165, 1.54) is 54.4 Å². The molecular weight excluding hydrogens is 404 g/mol. The molecule has 2 aromatic rings. The van der Waals surface area contributed by atoms with Crippen LogP contribution in [0.3, 0.4) is 0 Å². The first-order valence-corrected chi connectivity index (χ1v) is 11.7. The van der Waals surface area contributed by atoms with Gasteiger partial charge in [0.1, 0.15) is 0 Å². The average Bonchev–Trinajstić information content (AvgIpc) is 3.39. The SMILES string of the molecule is Cl.O=C(NC1C2CCN(CC2)C12CC2)c1cc2cccc(C3CCOCC3)c2s1. The number of ether oxygens (including phenoxy) is 1. The maximum absolute atomic E-state index is 13.2. The van der Waals surface area contributed by atoms with Gasteiger partial charge in [0.05, 0.1) is 10.9 Å². The van der Waals surface area contributed by atoms with Gasteiger partial charge in [-0.25, -0.2) is 0 Å². The molecule has 1 unspecified atom stereocenters. The number of halogens is 1. The van der Waals surface area contributed by atoms with Crippen molar-refractivity contribution in [1.29, 1.82) is 0 Å². The third-order valence-corrected chi connectivity index (χ3v) is 8.93. The van der Waals surface area contributed by atoms with Crippen molar-refractivity contribution in [2.45, 2.75) is 56.0 Å². The number of carbonyl (C=O) groups excluding carboxylic acids is 1. The largest absolute Gasteiger partial charge is 0.381 e. The van der Waals surface area contributed by atoms with Crippen molar-refractivity contribution in [2.24, 2.45) is 5.92 Å². The van der Waals surface area contributed by atoms with Crippen molar-refractivity contribution in [3.05, 3.63) is 34.7 Å². The monoisotopic (exact) mass is 432 g/mol. The Morgan fingerprint density at radius 1 is 1.14 bits per heavy atom. The van der Waals surface area contributed by atoms with Gasteiger partial charge in [0.2, 0.25) is 0 Å². The molecule has 1 saturated carbocycles. The molecule has 6 heteroatoms. The highest BCUT2D eigenvalue weighted by atomic mass is 35.5.